The third-order valence-corrected chi connectivity index (χ3v) is 4.65. The van der Waals surface area contributed by atoms with Crippen molar-refractivity contribution in [3.63, 3.8) is 0 Å². The molecule has 136 valence electrons. The summed E-state index contributed by atoms with van der Waals surface area (Å²) in [6.45, 7) is 0.598. The van der Waals surface area contributed by atoms with Gasteiger partial charge in [0.2, 0.25) is 5.91 Å². The number of ether oxygens (including phenoxy) is 1. The molecule has 1 heterocycles. The number of nitrogens with zero attached hydrogens (tertiary/aromatic N) is 3. The zero-order chi connectivity index (χ0) is 18.6. The number of carbonyl (C=O) groups excluding carboxylic acids is 1. The van der Waals surface area contributed by atoms with Gasteiger partial charge in [-0.3, -0.25) is 9.78 Å². The van der Waals surface area contributed by atoms with Crippen LogP contribution in [0.25, 0.3) is 17.1 Å². The van der Waals surface area contributed by atoms with Gasteiger partial charge in [-0.15, -0.1) is 0 Å². The summed E-state index contributed by atoms with van der Waals surface area (Å²) in [5.74, 6) is 0.820. The Hall–Kier alpha value is -3.21. The van der Waals surface area contributed by atoms with Crippen molar-refractivity contribution in [3.05, 3.63) is 72.1 Å². The van der Waals surface area contributed by atoms with E-state index in [1.807, 2.05) is 53.4 Å². The first kappa shape index (κ1) is 17.2. The highest BCUT2D eigenvalue weighted by Crippen LogP contribution is 2.29. The first-order valence-corrected chi connectivity index (χ1v) is 9.06. The zero-order valence-corrected chi connectivity index (χ0v) is 15.2. The minimum Gasteiger partial charge on any atom is -0.497 e. The lowest BCUT2D eigenvalue weighted by molar-refractivity contribution is -0.127. The zero-order valence-electron chi connectivity index (χ0n) is 15.2. The highest BCUT2D eigenvalue weighted by molar-refractivity contribution is 5.92. The van der Waals surface area contributed by atoms with Gasteiger partial charge in [0, 0.05) is 18.7 Å². The second kappa shape index (κ2) is 7.58. The van der Waals surface area contributed by atoms with E-state index in [2.05, 4.69) is 9.97 Å². The smallest absolute Gasteiger partial charge is 0.247 e. The van der Waals surface area contributed by atoms with Gasteiger partial charge in [0.15, 0.2) is 0 Å². The molecule has 1 fully saturated rings. The molecule has 0 N–H and O–H groups in total. The van der Waals surface area contributed by atoms with Crippen LogP contribution in [-0.2, 0) is 11.3 Å². The third kappa shape index (κ3) is 4.14. The normalized spacial score (nSPS) is 13.8. The molecule has 0 aliphatic heterocycles. The van der Waals surface area contributed by atoms with Crippen molar-refractivity contribution in [1.82, 2.24) is 14.9 Å². The predicted molar refractivity (Wildman–Crippen MR) is 105 cm³/mol. The Morgan fingerprint density at radius 2 is 1.89 bits per heavy atom. The van der Waals surface area contributed by atoms with Crippen LogP contribution in [0.5, 0.6) is 5.75 Å². The van der Waals surface area contributed by atoms with Crippen LogP contribution in [0.4, 0.5) is 0 Å². The molecule has 1 amide bonds. The Labute approximate surface area is 158 Å². The van der Waals surface area contributed by atoms with E-state index in [0.29, 0.717) is 18.3 Å². The van der Waals surface area contributed by atoms with Gasteiger partial charge in [-0.05, 0) is 48.7 Å². The maximum Gasteiger partial charge on any atom is 0.247 e. The standard InChI is InChI=1S/C22H21N3O2/c1-27-19-11-6-16(7-12-19)15-25(18-9-10-18)22(26)13-8-17-14-23-20-4-2-3-5-21(20)24-17/h2-8,11-14,18H,9-10,15H2,1H3/b13-8+. The van der Waals surface area contributed by atoms with Gasteiger partial charge < -0.3 is 9.64 Å². The van der Waals surface area contributed by atoms with Crippen LogP contribution in [0.15, 0.2) is 60.8 Å². The number of hydrogen-bond donors (Lipinski definition) is 0. The molecule has 0 radical (unpaired) electrons. The molecule has 27 heavy (non-hydrogen) atoms. The van der Waals surface area contributed by atoms with E-state index in [9.17, 15) is 4.79 Å². The number of methoxy groups -OCH3 is 1. The van der Waals surface area contributed by atoms with Gasteiger partial charge in [-0.2, -0.15) is 0 Å². The van der Waals surface area contributed by atoms with Crippen LogP contribution in [0.3, 0.4) is 0 Å². The lowest BCUT2D eigenvalue weighted by Gasteiger charge is -2.21. The molecule has 0 bridgehead atoms. The summed E-state index contributed by atoms with van der Waals surface area (Å²) in [6, 6.07) is 15.9. The van der Waals surface area contributed by atoms with E-state index < -0.39 is 0 Å². The molecule has 1 aromatic heterocycles. The van der Waals surface area contributed by atoms with E-state index in [-0.39, 0.29) is 5.91 Å². The summed E-state index contributed by atoms with van der Waals surface area (Å²) in [4.78, 5) is 23.6. The quantitative estimate of drug-likeness (QED) is 0.628. The number of carbonyl (C=O) groups is 1. The highest BCUT2D eigenvalue weighted by Gasteiger charge is 2.31. The average molecular weight is 359 g/mol. The predicted octanol–water partition coefficient (Wildman–Crippen LogP) is 3.84. The molecule has 0 spiro atoms. The summed E-state index contributed by atoms with van der Waals surface area (Å²) in [5, 5.41) is 0. The molecular weight excluding hydrogens is 338 g/mol. The van der Waals surface area contributed by atoms with Crippen LogP contribution in [0.1, 0.15) is 24.1 Å². The Kier molecular flexibility index (Phi) is 4.83. The Morgan fingerprint density at radius 3 is 2.59 bits per heavy atom. The second-order valence-corrected chi connectivity index (χ2v) is 6.66. The molecule has 1 saturated carbocycles. The number of benzene rings is 2. The summed E-state index contributed by atoms with van der Waals surface area (Å²) in [5.41, 5.74) is 3.45. The van der Waals surface area contributed by atoms with Crippen molar-refractivity contribution in [1.29, 1.82) is 0 Å². The molecule has 0 atom stereocenters. The third-order valence-electron chi connectivity index (χ3n) is 4.65. The molecule has 0 saturated heterocycles. The minimum atomic E-state index is 0.00303. The van der Waals surface area contributed by atoms with Crippen LogP contribution in [0.2, 0.25) is 0 Å². The van der Waals surface area contributed by atoms with Crippen LogP contribution >= 0.6 is 0 Å². The molecule has 1 aliphatic rings. The van der Waals surface area contributed by atoms with E-state index in [0.717, 1.165) is 35.2 Å². The number of amides is 1. The first-order chi connectivity index (χ1) is 13.2. The fraction of sp³-hybridized carbons (Fsp3) is 0.227. The van der Waals surface area contributed by atoms with E-state index in [1.54, 1.807) is 25.5 Å². The fourth-order valence-corrected chi connectivity index (χ4v) is 3.01. The number of para-hydroxylation sites is 2. The Bertz CT molecular complexity index is 978. The topological polar surface area (TPSA) is 55.3 Å². The molecule has 5 nitrogen and oxygen atoms in total. The van der Waals surface area contributed by atoms with E-state index in [1.165, 1.54) is 0 Å². The van der Waals surface area contributed by atoms with Gasteiger partial charge in [-0.25, -0.2) is 4.98 Å². The summed E-state index contributed by atoms with van der Waals surface area (Å²) in [7, 11) is 1.65. The maximum atomic E-state index is 12.8. The lowest BCUT2D eigenvalue weighted by Crippen LogP contribution is -2.31. The molecule has 4 rings (SSSR count). The number of rotatable bonds is 6. The van der Waals surface area contributed by atoms with Gasteiger partial charge in [0.25, 0.3) is 0 Å². The second-order valence-electron chi connectivity index (χ2n) is 6.66. The summed E-state index contributed by atoms with van der Waals surface area (Å²) >= 11 is 0. The van der Waals surface area contributed by atoms with Gasteiger partial charge in [0.05, 0.1) is 30.0 Å². The molecule has 5 heteroatoms. The number of hydrogen-bond acceptors (Lipinski definition) is 4. The first-order valence-electron chi connectivity index (χ1n) is 9.06. The molecule has 2 aromatic carbocycles. The molecule has 0 unspecified atom stereocenters. The highest BCUT2D eigenvalue weighted by atomic mass is 16.5. The van der Waals surface area contributed by atoms with Crippen molar-refractivity contribution in [3.8, 4) is 5.75 Å². The maximum absolute atomic E-state index is 12.8. The summed E-state index contributed by atoms with van der Waals surface area (Å²) < 4.78 is 5.19. The minimum absolute atomic E-state index is 0.00303. The van der Waals surface area contributed by atoms with Crippen LogP contribution in [-0.4, -0.2) is 33.9 Å². The number of aromatic nitrogens is 2. The fourth-order valence-electron chi connectivity index (χ4n) is 3.01. The molecule has 1 aliphatic carbocycles. The van der Waals surface area contributed by atoms with Crippen LogP contribution < -0.4 is 4.74 Å². The summed E-state index contributed by atoms with van der Waals surface area (Å²) in [6.07, 6.45) is 7.15. The Balaban J connectivity index is 1.48. The van der Waals surface area contributed by atoms with Crippen LogP contribution in [0, 0.1) is 0 Å². The molecule has 3 aromatic rings. The van der Waals surface area contributed by atoms with E-state index in [4.69, 9.17) is 4.74 Å². The van der Waals surface area contributed by atoms with E-state index >= 15 is 0 Å². The Morgan fingerprint density at radius 1 is 1.15 bits per heavy atom. The largest absolute Gasteiger partial charge is 0.497 e. The van der Waals surface area contributed by atoms with Crippen molar-refractivity contribution < 1.29 is 9.53 Å². The average Bonchev–Trinajstić information content (AvgIpc) is 3.55. The van der Waals surface area contributed by atoms with Crippen molar-refractivity contribution >= 4 is 23.0 Å². The molecular formula is C22H21N3O2. The van der Waals surface area contributed by atoms with Gasteiger partial charge in [-0.1, -0.05) is 24.3 Å². The monoisotopic (exact) mass is 359 g/mol. The lowest BCUT2D eigenvalue weighted by atomic mass is 10.2. The van der Waals surface area contributed by atoms with Crippen molar-refractivity contribution in [2.45, 2.75) is 25.4 Å². The SMILES string of the molecule is COc1ccc(CN(C(=O)/C=C/c2cnc3ccccc3n2)C2CC2)cc1. The van der Waals surface area contributed by atoms with Crippen molar-refractivity contribution in [2.75, 3.05) is 7.11 Å². The van der Waals surface area contributed by atoms with Gasteiger partial charge in [0.1, 0.15) is 5.75 Å². The van der Waals surface area contributed by atoms with Crippen molar-refractivity contribution in [2.24, 2.45) is 0 Å². The van der Waals surface area contributed by atoms with Gasteiger partial charge >= 0.3 is 0 Å². The number of fused-ring (bicyclic) bond motifs is 1.